The van der Waals surface area contributed by atoms with E-state index >= 15 is 0 Å². The predicted octanol–water partition coefficient (Wildman–Crippen LogP) is 16.9. The molecule has 350 valence electrons. The molecule has 0 aromatic rings. The van der Waals surface area contributed by atoms with Gasteiger partial charge in [-0.15, -0.1) is 0 Å². The van der Waals surface area contributed by atoms with Crippen molar-refractivity contribution >= 4 is 17.9 Å². The smallest absolute Gasteiger partial charge is 0.306 e. The van der Waals surface area contributed by atoms with Crippen molar-refractivity contribution in [2.24, 2.45) is 11.8 Å². The Balaban J connectivity index is 4.23. The number of ether oxygens (including phenoxy) is 3. The summed E-state index contributed by atoms with van der Waals surface area (Å²) in [5, 5.41) is 0. The molecule has 1 atom stereocenters. The van der Waals surface area contributed by atoms with Crippen molar-refractivity contribution in [3.05, 3.63) is 0 Å². The summed E-state index contributed by atoms with van der Waals surface area (Å²) in [5.74, 6) is 0.784. The zero-order valence-corrected chi connectivity index (χ0v) is 40.4. The van der Waals surface area contributed by atoms with Gasteiger partial charge in [-0.05, 0) is 31.1 Å². The lowest BCUT2D eigenvalue weighted by molar-refractivity contribution is -0.167. The molecule has 0 saturated carbocycles. The van der Waals surface area contributed by atoms with Crippen molar-refractivity contribution < 1.29 is 28.6 Å². The Hall–Kier alpha value is -1.59. The minimum absolute atomic E-state index is 0.0639. The maximum absolute atomic E-state index is 12.8. The van der Waals surface area contributed by atoms with E-state index in [4.69, 9.17) is 14.2 Å². The quantitative estimate of drug-likeness (QED) is 0.0345. The molecule has 0 amide bonds. The normalized spacial score (nSPS) is 12.1. The van der Waals surface area contributed by atoms with E-state index in [0.29, 0.717) is 19.3 Å². The van der Waals surface area contributed by atoms with Crippen molar-refractivity contribution in [1.82, 2.24) is 0 Å². The lowest BCUT2D eigenvalue weighted by Crippen LogP contribution is -2.30. The number of carbonyl (C=O) groups excluding carboxylic acids is 3. The average molecular weight is 835 g/mol. The van der Waals surface area contributed by atoms with Crippen molar-refractivity contribution in [2.75, 3.05) is 13.2 Å². The van der Waals surface area contributed by atoms with E-state index in [1.165, 1.54) is 180 Å². The van der Waals surface area contributed by atoms with E-state index < -0.39 is 6.10 Å². The molecular weight excluding hydrogens is 733 g/mol. The van der Waals surface area contributed by atoms with Gasteiger partial charge in [0.05, 0.1) is 0 Å². The van der Waals surface area contributed by atoms with E-state index in [1.54, 1.807) is 0 Å². The standard InChI is InChI=1S/C53H102O6/c1-6-7-8-9-10-11-12-20-24-29-35-40-45-53(56)59-50(47-58-52(55)44-39-34-30-25-27-32-37-42-49(4)5)46-57-51(54)43-38-33-28-23-21-18-16-14-13-15-17-19-22-26-31-36-41-48(2)3/h48-50H,6-47H2,1-5H3/t50-/m1/s1. The molecule has 0 bridgehead atoms. The van der Waals surface area contributed by atoms with Gasteiger partial charge < -0.3 is 14.2 Å². The maximum Gasteiger partial charge on any atom is 0.306 e. The van der Waals surface area contributed by atoms with E-state index in [1.807, 2.05) is 0 Å². The molecule has 59 heavy (non-hydrogen) atoms. The monoisotopic (exact) mass is 835 g/mol. The first-order valence-electron chi connectivity index (χ1n) is 26.2. The highest BCUT2D eigenvalue weighted by Gasteiger charge is 2.19. The third-order valence-electron chi connectivity index (χ3n) is 12.0. The number of rotatable bonds is 47. The SMILES string of the molecule is CCCCCCCCCCCCCCC(=O)O[C@H](COC(=O)CCCCCCCCCCCCCCCCCCC(C)C)COC(=O)CCCCCCCCCC(C)C. The first kappa shape index (κ1) is 57.4. The summed E-state index contributed by atoms with van der Waals surface area (Å²) in [4.78, 5) is 37.9. The molecule has 0 rings (SSSR count). The van der Waals surface area contributed by atoms with Gasteiger partial charge in [-0.1, -0.05) is 253 Å². The fourth-order valence-corrected chi connectivity index (χ4v) is 7.99. The molecule has 0 fully saturated rings. The number of hydrogen-bond acceptors (Lipinski definition) is 6. The summed E-state index contributed by atoms with van der Waals surface area (Å²) in [6.07, 6.45) is 46.7. The Morgan fingerprint density at radius 1 is 0.322 bits per heavy atom. The number of carbonyl (C=O) groups is 3. The highest BCUT2D eigenvalue weighted by atomic mass is 16.6. The first-order valence-corrected chi connectivity index (χ1v) is 26.2. The molecule has 0 unspecified atom stereocenters. The average Bonchev–Trinajstić information content (AvgIpc) is 3.20. The van der Waals surface area contributed by atoms with Crippen LogP contribution in [0.15, 0.2) is 0 Å². The molecule has 0 aromatic carbocycles. The first-order chi connectivity index (χ1) is 28.7. The summed E-state index contributed by atoms with van der Waals surface area (Å²) in [5.41, 5.74) is 0. The van der Waals surface area contributed by atoms with Crippen LogP contribution in [0.2, 0.25) is 0 Å². The van der Waals surface area contributed by atoms with E-state index in [-0.39, 0.29) is 31.1 Å². The molecule has 6 heteroatoms. The molecule has 0 saturated heterocycles. The van der Waals surface area contributed by atoms with Crippen molar-refractivity contribution in [2.45, 2.75) is 298 Å². The highest BCUT2D eigenvalue weighted by Crippen LogP contribution is 2.17. The molecule has 0 aliphatic rings. The van der Waals surface area contributed by atoms with Crippen LogP contribution in [0.25, 0.3) is 0 Å². The fourth-order valence-electron chi connectivity index (χ4n) is 7.99. The van der Waals surface area contributed by atoms with Gasteiger partial charge in [0.2, 0.25) is 0 Å². The minimum atomic E-state index is -0.761. The molecule has 0 aliphatic carbocycles. The number of esters is 3. The van der Waals surface area contributed by atoms with Crippen LogP contribution in [0.3, 0.4) is 0 Å². The van der Waals surface area contributed by atoms with Crippen LogP contribution in [0.5, 0.6) is 0 Å². The van der Waals surface area contributed by atoms with Crippen LogP contribution < -0.4 is 0 Å². The highest BCUT2D eigenvalue weighted by molar-refractivity contribution is 5.71. The van der Waals surface area contributed by atoms with Gasteiger partial charge in [-0.25, -0.2) is 0 Å². The molecule has 0 aromatic heterocycles. The molecule has 0 spiro atoms. The molecule has 6 nitrogen and oxygen atoms in total. The molecule has 0 N–H and O–H groups in total. The molecule has 0 radical (unpaired) electrons. The van der Waals surface area contributed by atoms with Gasteiger partial charge in [0, 0.05) is 19.3 Å². The zero-order chi connectivity index (χ0) is 43.3. The fraction of sp³-hybridized carbons (Fsp3) is 0.943. The van der Waals surface area contributed by atoms with E-state index in [0.717, 1.165) is 69.6 Å². The summed E-state index contributed by atoms with van der Waals surface area (Å²) in [6.45, 7) is 11.3. The number of hydrogen-bond donors (Lipinski definition) is 0. The largest absolute Gasteiger partial charge is 0.462 e. The molecular formula is C53H102O6. The number of unbranched alkanes of at least 4 members (excludes halogenated alkanes) is 32. The third-order valence-corrected chi connectivity index (χ3v) is 12.0. The lowest BCUT2D eigenvalue weighted by Gasteiger charge is -2.18. The second-order valence-electron chi connectivity index (χ2n) is 19.1. The van der Waals surface area contributed by atoms with Crippen LogP contribution in [0.1, 0.15) is 291 Å². The van der Waals surface area contributed by atoms with Gasteiger partial charge >= 0.3 is 17.9 Å². The molecule has 0 heterocycles. The van der Waals surface area contributed by atoms with E-state index in [9.17, 15) is 14.4 Å². The summed E-state index contributed by atoms with van der Waals surface area (Å²) >= 11 is 0. The topological polar surface area (TPSA) is 78.9 Å². The van der Waals surface area contributed by atoms with Gasteiger partial charge in [-0.2, -0.15) is 0 Å². The van der Waals surface area contributed by atoms with Gasteiger partial charge in [0.15, 0.2) is 6.10 Å². The summed E-state index contributed by atoms with van der Waals surface area (Å²) in [6, 6.07) is 0. The van der Waals surface area contributed by atoms with Crippen LogP contribution in [-0.2, 0) is 28.6 Å². The van der Waals surface area contributed by atoms with Gasteiger partial charge in [0.1, 0.15) is 13.2 Å². The third kappa shape index (κ3) is 47.3. The van der Waals surface area contributed by atoms with E-state index in [2.05, 4.69) is 34.6 Å². The Kier molecular flexibility index (Phi) is 44.7. The minimum Gasteiger partial charge on any atom is -0.462 e. The van der Waals surface area contributed by atoms with Crippen LogP contribution in [0, 0.1) is 11.8 Å². The van der Waals surface area contributed by atoms with Gasteiger partial charge in [0.25, 0.3) is 0 Å². The van der Waals surface area contributed by atoms with Crippen molar-refractivity contribution in [3.8, 4) is 0 Å². The Morgan fingerprint density at radius 3 is 0.831 bits per heavy atom. The summed E-state index contributed by atoms with van der Waals surface area (Å²) < 4.78 is 16.8. The zero-order valence-electron chi connectivity index (χ0n) is 40.4. The maximum atomic E-state index is 12.8. The van der Waals surface area contributed by atoms with Crippen LogP contribution in [0.4, 0.5) is 0 Å². The van der Waals surface area contributed by atoms with Gasteiger partial charge in [-0.3, -0.25) is 14.4 Å². The Labute approximate surface area is 368 Å². The van der Waals surface area contributed by atoms with Crippen LogP contribution >= 0.6 is 0 Å². The Bertz CT molecular complexity index is 900. The second kappa shape index (κ2) is 45.9. The van der Waals surface area contributed by atoms with Crippen molar-refractivity contribution in [3.63, 3.8) is 0 Å². The predicted molar refractivity (Wildman–Crippen MR) is 252 cm³/mol. The molecule has 0 aliphatic heterocycles. The van der Waals surface area contributed by atoms with Crippen LogP contribution in [-0.4, -0.2) is 37.2 Å². The summed E-state index contributed by atoms with van der Waals surface area (Å²) in [7, 11) is 0. The second-order valence-corrected chi connectivity index (χ2v) is 19.1. The lowest BCUT2D eigenvalue weighted by atomic mass is 10.0. The Morgan fingerprint density at radius 2 is 0.559 bits per heavy atom. The van der Waals surface area contributed by atoms with Crippen molar-refractivity contribution in [1.29, 1.82) is 0 Å².